The molecule has 4 aromatic rings. The van der Waals surface area contributed by atoms with Crippen molar-refractivity contribution in [3.8, 4) is 5.75 Å². The van der Waals surface area contributed by atoms with E-state index in [9.17, 15) is 9.59 Å². The average molecular weight is 510 g/mol. The third kappa shape index (κ3) is 5.75. The maximum absolute atomic E-state index is 14.0. The maximum Gasteiger partial charge on any atom is 0.270 e. The molecule has 0 unspecified atom stereocenters. The van der Waals surface area contributed by atoms with Crippen LogP contribution in [0.2, 0.25) is 0 Å². The van der Waals surface area contributed by atoms with Gasteiger partial charge in [-0.25, -0.2) is 0 Å². The molecule has 1 N–H and O–H groups in total. The molecular weight excluding hydrogens is 474 g/mol. The molecule has 2 heterocycles. The third-order valence-corrected chi connectivity index (χ3v) is 7.32. The van der Waals surface area contributed by atoms with Gasteiger partial charge in [-0.3, -0.25) is 9.59 Å². The molecule has 0 saturated heterocycles. The Balaban J connectivity index is 1.50. The van der Waals surface area contributed by atoms with Gasteiger partial charge in [0.25, 0.3) is 11.8 Å². The molecule has 1 aliphatic heterocycles. The summed E-state index contributed by atoms with van der Waals surface area (Å²) in [5, 5.41) is 1.02. The number of hydrogen-bond acceptors (Lipinski definition) is 3. The number of hydrogen-bond donors (Lipinski definition) is 1. The summed E-state index contributed by atoms with van der Waals surface area (Å²) in [6, 6.07) is 27.3. The highest BCUT2D eigenvalue weighted by molar-refractivity contribution is 5.98. The van der Waals surface area contributed by atoms with E-state index in [2.05, 4.69) is 17.1 Å². The number of aromatic nitrogens is 1. The van der Waals surface area contributed by atoms with Gasteiger partial charge >= 0.3 is 0 Å². The van der Waals surface area contributed by atoms with Crippen molar-refractivity contribution in [3.63, 3.8) is 0 Å². The Labute approximate surface area is 224 Å². The summed E-state index contributed by atoms with van der Waals surface area (Å²) in [4.78, 5) is 34.6. The first-order valence-corrected chi connectivity index (χ1v) is 13.6. The molecule has 3 aromatic carbocycles. The fourth-order valence-electron chi connectivity index (χ4n) is 5.23. The average Bonchev–Trinajstić information content (AvgIpc) is 3.40. The summed E-state index contributed by atoms with van der Waals surface area (Å²) in [6.07, 6.45) is 3.33. The Morgan fingerprint density at radius 1 is 0.921 bits per heavy atom. The summed E-state index contributed by atoms with van der Waals surface area (Å²) in [6.45, 7) is 4.26. The van der Waals surface area contributed by atoms with Crippen molar-refractivity contribution in [1.29, 1.82) is 0 Å². The topological polar surface area (TPSA) is 65.6 Å². The first-order valence-electron chi connectivity index (χ1n) is 13.6. The van der Waals surface area contributed by atoms with Crippen LogP contribution >= 0.6 is 0 Å². The first-order chi connectivity index (χ1) is 18.6. The molecule has 0 bridgehead atoms. The number of rotatable bonds is 4. The van der Waals surface area contributed by atoms with Gasteiger partial charge < -0.3 is 19.5 Å². The molecule has 0 radical (unpaired) electrons. The van der Waals surface area contributed by atoms with E-state index in [1.807, 2.05) is 89.5 Å². The fraction of sp³-hybridized carbons (Fsp3) is 0.312. The number of fused-ring (bicyclic) bond motifs is 2. The number of carbonyl (C=O) groups is 2. The van der Waals surface area contributed by atoms with Crippen molar-refractivity contribution in [3.05, 3.63) is 102 Å². The number of H-pyrrole nitrogens is 1. The molecule has 0 fully saturated rings. The second-order valence-electron chi connectivity index (χ2n) is 9.87. The molecule has 1 aliphatic rings. The van der Waals surface area contributed by atoms with Crippen LogP contribution in [0.3, 0.4) is 0 Å². The molecule has 6 heteroatoms. The molecule has 0 saturated carbocycles. The number of nitrogens with one attached hydrogen (secondary N) is 1. The lowest BCUT2D eigenvalue weighted by atomic mass is 10.0. The number of ether oxygens (including phenoxy) is 1. The predicted molar refractivity (Wildman–Crippen MR) is 151 cm³/mol. The molecule has 38 heavy (non-hydrogen) atoms. The number of para-hydroxylation sites is 2. The minimum atomic E-state index is -0.206. The van der Waals surface area contributed by atoms with Gasteiger partial charge in [0.2, 0.25) is 0 Å². The van der Waals surface area contributed by atoms with E-state index >= 15 is 0 Å². The Bertz CT molecular complexity index is 1350. The largest absolute Gasteiger partial charge is 0.491 e. The van der Waals surface area contributed by atoms with Gasteiger partial charge in [-0.15, -0.1) is 0 Å². The third-order valence-electron chi connectivity index (χ3n) is 7.32. The van der Waals surface area contributed by atoms with Crippen LogP contribution in [0.15, 0.2) is 84.9 Å². The predicted octanol–water partition coefficient (Wildman–Crippen LogP) is 5.95. The van der Waals surface area contributed by atoms with Crippen molar-refractivity contribution in [2.24, 2.45) is 0 Å². The quantitative estimate of drug-likeness (QED) is 0.370. The highest BCUT2D eigenvalue weighted by atomic mass is 16.5. The Morgan fingerprint density at radius 2 is 1.66 bits per heavy atom. The van der Waals surface area contributed by atoms with Gasteiger partial charge in [-0.05, 0) is 62.4 Å². The van der Waals surface area contributed by atoms with Crippen molar-refractivity contribution in [1.82, 2.24) is 14.8 Å². The standard InChI is InChI=1S/C32H35N3O3/c1-2-34-19-11-4-12-20-35(32(37)29-22-25-15-7-9-17-28(25)33-29)26(21-24-13-5-3-6-14-24)23-38-30-18-10-8-16-27(30)31(34)36/h3,5-10,13-18,22,26,33H,2,4,11-12,19-21,23H2,1H3/t26-/m0/s1. The Kier molecular flexibility index (Phi) is 8.07. The normalized spacial score (nSPS) is 17.2. The molecule has 0 spiro atoms. The van der Waals surface area contributed by atoms with Gasteiger partial charge in [0.1, 0.15) is 18.1 Å². The van der Waals surface area contributed by atoms with Crippen molar-refractivity contribution < 1.29 is 14.3 Å². The number of nitrogens with zero attached hydrogens (tertiary/aromatic N) is 2. The Hall–Kier alpha value is -4.06. The highest BCUT2D eigenvalue weighted by Crippen LogP contribution is 2.24. The first kappa shape index (κ1) is 25.6. The lowest BCUT2D eigenvalue weighted by Crippen LogP contribution is -2.45. The van der Waals surface area contributed by atoms with Gasteiger partial charge in [-0.2, -0.15) is 0 Å². The highest BCUT2D eigenvalue weighted by Gasteiger charge is 2.28. The van der Waals surface area contributed by atoms with E-state index in [-0.39, 0.29) is 24.5 Å². The number of aromatic amines is 1. The van der Waals surface area contributed by atoms with Crippen LogP contribution < -0.4 is 4.74 Å². The Morgan fingerprint density at radius 3 is 2.47 bits per heavy atom. The van der Waals surface area contributed by atoms with Gasteiger partial charge in [0.05, 0.1) is 11.6 Å². The van der Waals surface area contributed by atoms with Crippen LogP contribution in [0.25, 0.3) is 10.9 Å². The fourth-order valence-corrected chi connectivity index (χ4v) is 5.23. The summed E-state index contributed by atoms with van der Waals surface area (Å²) < 4.78 is 6.37. The van der Waals surface area contributed by atoms with Crippen LogP contribution in [0.1, 0.15) is 52.6 Å². The van der Waals surface area contributed by atoms with Crippen LogP contribution in [-0.2, 0) is 6.42 Å². The molecule has 6 nitrogen and oxygen atoms in total. The van der Waals surface area contributed by atoms with Crippen LogP contribution in [0.5, 0.6) is 5.75 Å². The summed E-state index contributed by atoms with van der Waals surface area (Å²) >= 11 is 0. The minimum absolute atomic E-state index is 0.00651. The molecule has 5 rings (SSSR count). The van der Waals surface area contributed by atoms with Crippen molar-refractivity contribution >= 4 is 22.7 Å². The van der Waals surface area contributed by atoms with Crippen LogP contribution in [-0.4, -0.2) is 58.9 Å². The van der Waals surface area contributed by atoms with Crippen LogP contribution in [0, 0.1) is 0 Å². The summed E-state index contributed by atoms with van der Waals surface area (Å²) in [7, 11) is 0. The SMILES string of the molecule is CCN1CCCCCN(C(=O)c2cc3ccccc3[nH]2)[C@@H](Cc2ccccc2)COc2ccccc2C1=O. The molecule has 1 aromatic heterocycles. The zero-order valence-corrected chi connectivity index (χ0v) is 21.9. The number of amides is 2. The molecule has 1 atom stereocenters. The zero-order chi connectivity index (χ0) is 26.3. The van der Waals surface area contributed by atoms with E-state index < -0.39 is 0 Å². The summed E-state index contributed by atoms with van der Waals surface area (Å²) in [5.41, 5.74) is 3.24. The summed E-state index contributed by atoms with van der Waals surface area (Å²) in [5.74, 6) is 0.527. The number of carbonyl (C=O) groups excluding carboxylic acids is 2. The number of benzene rings is 3. The van der Waals surface area contributed by atoms with E-state index in [1.165, 1.54) is 0 Å². The molecular formula is C32H35N3O3. The van der Waals surface area contributed by atoms with Gasteiger partial charge in [0, 0.05) is 30.5 Å². The molecule has 196 valence electrons. The second kappa shape index (κ2) is 12.0. The lowest BCUT2D eigenvalue weighted by Gasteiger charge is -2.32. The van der Waals surface area contributed by atoms with Gasteiger partial charge in [-0.1, -0.05) is 60.7 Å². The van der Waals surface area contributed by atoms with E-state index in [4.69, 9.17) is 4.74 Å². The van der Waals surface area contributed by atoms with E-state index in [0.717, 1.165) is 35.7 Å². The van der Waals surface area contributed by atoms with E-state index in [1.54, 1.807) is 0 Å². The van der Waals surface area contributed by atoms with Crippen LogP contribution in [0.4, 0.5) is 0 Å². The second-order valence-corrected chi connectivity index (χ2v) is 9.87. The maximum atomic E-state index is 14.0. The van der Waals surface area contributed by atoms with Crippen molar-refractivity contribution in [2.45, 2.75) is 38.6 Å². The minimum Gasteiger partial charge on any atom is -0.491 e. The molecule has 2 amide bonds. The smallest absolute Gasteiger partial charge is 0.270 e. The van der Waals surface area contributed by atoms with Crippen molar-refractivity contribution in [2.75, 3.05) is 26.2 Å². The molecule has 0 aliphatic carbocycles. The van der Waals surface area contributed by atoms with E-state index in [0.29, 0.717) is 43.1 Å². The van der Waals surface area contributed by atoms with Gasteiger partial charge in [0.15, 0.2) is 0 Å². The monoisotopic (exact) mass is 509 g/mol. The lowest BCUT2D eigenvalue weighted by molar-refractivity contribution is 0.0600. The zero-order valence-electron chi connectivity index (χ0n) is 21.9.